The molecule has 0 radical (unpaired) electrons. The summed E-state index contributed by atoms with van der Waals surface area (Å²) in [4.78, 5) is 27.6. The van der Waals surface area contributed by atoms with Gasteiger partial charge in [-0.3, -0.25) is 9.69 Å². The molecule has 0 bridgehead atoms. The summed E-state index contributed by atoms with van der Waals surface area (Å²) in [6, 6.07) is 9.63. The lowest BCUT2D eigenvalue weighted by molar-refractivity contribution is -0.145. The second kappa shape index (κ2) is 10.8. The standard InChI is InChI=1S/C23H33FN2O4/c1-2-29-21(27)17-25-14-10-23(24,11-15-25)16-19-8-12-26(13-9-19)22(28)30-18-20-6-4-3-5-7-20/h3-7,19H,2,8-18H2,1H3. The van der Waals surface area contributed by atoms with E-state index in [1.165, 1.54) is 0 Å². The maximum atomic E-state index is 15.3. The molecule has 2 fully saturated rings. The summed E-state index contributed by atoms with van der Waals surface area (Å²) in [5.74, 6) is 0.0418. The molecular formula is C23H33FN2O4. The van der Waals surface area contributed by atoms with Crippen LogP contribution in [0.25, 0.3) is 0 Å². The van der Waals surface area contributed by atoms with Crippen LogP contribution >= 0.6 is 0 Å². The van der Waals surface area contributed by atoms with Crippen LogP contribution in [0.1, 0.15) is 44.6 Å². The number of hydrogen-bond donors (Lipinski definition) is 0. The van der Waals surface area contributed by atoms with E-state index in [1.807, 2.05) is 35.2 Å². The molecule has 3 rings (SSSR count). The minimum absolute atomic E-state index is 0.240. The fourth-order valence-corrected chi connectivity index (χ4v) is 4.35. The third-order valence-corrected chi connectivity index (χ3v) is 6.14. The Morgan fingerprint density at radius 2 is 1.73 bits per heavy atom. The number of esters is 1. The van der Waals surface area contributed by atoms with E-state index in [1.54, 1.807) is 11.8 Å². The van der Waals surface area contributed by atoms with E-state index >= 15 is 4.39 Å². The topological polar surface area (TPSA) is 59.1 Å². The Labute approximate surface area is 178 Å². The first-order valence-corrected chi connectivity index (χ1v) is 11.0. The smallest absolute Gasteiger partial charge is 0.410 e. The van der Waals surface area contributed by atoms with Crippen LogP contribution in [0.15, 0.2) is 30.3 Å². The van der Waals surface area contributed by atoms with Crippen LogP contribution in [0.3, 0.4) is 0 Å². The average Bonchev–Trinajstić information content (AvgIpc) is 2.75. The van der Waals surface area contributed by atoms with E-state index in [0.717, 1.165) is 18.4 Å². The Bertz CT molecular complexity index is 684. The molecular weight excluding hydrogens is 387 g/mol. The van der Waals surface area contributed by atoms with Crippen LogP contribution in [0.5, 0.6) is 0 Å². The minimum Gasteiger partial charge on any atom is -0.465 e. The van der Waals surface area contributed by atoms with E-state index in [2.05, 4.69) is 0 Å². The zero-order chi connectivity index (χ0) is 21.4. The Morgan fingerprint density at radius 3 is 2.37 bits per heavy atom. The second-order valence-electron chi connectivity index (χ2n) is 8.41. The molecule has 1 aromatic rings. The third-order valence-electron chi connectivity index (χ3n) is 6.14. The van der Waals surface area contributed by atoms with E-state index in [4.69, 9.17) is 9.47 Å². The Kier molecular flexibility index (Phi) is 8.08. The van der Waals surface area contributed by atoms with Gasteiger partial charge in [0.2, 0.25) is 0 Å². The molecule has 2 heterocycles. The van der Waals surface area contributed by atoms with Gasteiger partial charge in [0.05, 0.1) is 13.2 Å². The number of carbonyl (C=O) groups excluding carboxylic acids is 2. The summed E-state index contributed by atoms with van der Waals surface area (Å²) < 4.78 is 25.7. The molecule has 0 spiro atoms. The van der Waals surface area contributed by atoms with Crippen LogP contribution in [0, 0.1) is 5.92 Å². The van der Waals surface area contributed by atoms with Gasteiger partial charge in [-0.15, -0.1) is 0 Å². The summed E-state index contributed by atoms with van der Waals surface area (Å²) in [5.41, 5.74) is -0.208. The Balaban J connectivity index is 1.36. The first kappa shape index (κ1) is 22.5. The van der Waals surface area contributed by atoms with Crippen molar-refractivity contribution in [3.63, 3.8) is 0 Å². The molecule has 166 valence electrons. The number of carbonyl (C=O) groups is 2. The van der Waals surface area contributed by atoms with Crippen LogP contribution < -0.4 is 0 Å². The van der Waals surface area contributed by atoms with Crippen LogP contribution in [-0.2, 0) is 20.9 Å². The number of likely N-dealkylation sites (tertiary alicyclic amines) is 2. The van der Waals surface area contributed by atoms with E-state index < -0.39 is 5.67 Å². The molecule has 0 N–H and O–H groups in total. The van der Waals surface area contributed by atoms with Gasteiger partial charge in [-0.2, -0.15) is 0 Å². The summed E-state index contributed by atoms with van der Waals surface area (Å²) in [7, 11) is 0. The summed E-state index contributed by atoms with van der Waals surface area (Å²) in [6.45, 7) is 5.07. The lowest BCUT2D eigenvalue weighted by Crippen LogP contribution is -2.46. The summed E-state index contributed by atoms with van der Waals surface area (Å²) >= 11 is 0. The lowest BCUT2D eigenvalue weighted by atomic mass is 9.80. The number of hydrogen-bond acceptors (Lipinski definition) is 5. The molecule has 0 atom stereocenters. The van der Waals surface area contributed by atoms with E-state index in [-0.39, 0.29) is 31.1 Å². The summed E-state index contributed by atoms with van der Waals surface area (Å²) in [5, 5.41) is 0. The first-order chi connectivity index (χ1) is 14.5. The molecule has 2 aliphatic heterocycles. The van der Waals surface area contributed by atoms with Gasteiger partial charge in [-0.1, -0.05) is 30.3 Å². The zero-order valence-corrected chi connectivity index (χ0v) is 17.9. The van der Waals surface area contributed by atoms with Crippen molar-refractivity contribution in [2.75, 3.05) is 39.3 Å². The number of benzene rings is 1. The molecule has 0 unspecified atom stereocenters. The molecule has 1 aromatic carbocycles. The van der Waals surface area contributed by atoms with Crippen molar-refractivity contribution in [3.8, 4) is 0 Å². The van der Waals surface area contributed by atoms with Crippen LogP contribution in [0.2, 0.25) is 0 Å². The molecule has 0 aromatic heterocycles. The normalized spacial score (nSPS) is 20.0. The Morgan fingerprint density at radius 1 is 1.07 bits per heavy atom. The van der Waals surface area contributed by atoms with E-state index in [9.17, 15) is 9.59 Å². The fourth-order valence-electron chi connectivity index (χ4n) is 4.35. The number of halogens is 1. The van der Waals surface area contributed by atoms with Gasteiger partial charge in [0, 0.05) is 26.2 Å². The van der Waals surface area contributed by atoms with Crippen molar-refractivity contribution >= 4 is 12.1 Å². The van der Waals surface area contributed by atoms with Gasteiger partial charge >= 0.3 is 12.1 Å². The number of rotatable bonds is 7. The van der Waals surface area contributed by atoms with Gasteiger partial charge in [0.15, 0.2) is 0 Å². The average molecular weight is 421 g/mol. The maximum absolute atomic E-state index is 15.3. The van der Waals surface area contributed by atoms with Gasteiger partial charge in [-0.05, 0) is 50.5 Å². The highest BCUT2D eigenvalue weighted by atomic mass is 19.1. The molecule has 30 heavy (non-hydrogen) atoms. The molecule has 6 nitrogen and oxygen atoms in total. The number of nitrogens with zero attached hydrogens (tertiary/aromatic N) is 2. The Hall–Kier alpha value is -2.15. The van der Waals surface area contributed by atoms with Crippen molar-refractivity contribution in [2.24, 2.45) is 5.92 Å². The number of ether oxygens (including phenoxy) is 2. The fraction of sp³-hybridized carbons (Fsp3) is 0.652. The zero-order valence-electron chi connectivity index (χ0n) is 17.9. The number of amides is 1. The van der Waals surface area contributed by atoms with Crippen LogP contribution in [-0.4, -0.2) is 66.9 Å². The number of alkyl halides is 1. The number of piperidine rings is 2. The molecule has 2 saturated heterocycles. The molecule has 1 amide bonds. The summed E-state index contributed by atoms with van der Waals surface area (Å²) in [6.07, 6.45) is 2.75. The highest BCUT2D eigenvalue weighted by Gasteiger charge is 2.38. The van der Waals surface area contributed by atoms with Crippen molar-refractivity contribution in [1.82, 2.24) is 9.80 Å². The quantitative estimate of drug-likeness (QED) is 0.628. The van der Waals surface area contributed by atoms with Gasteiger partial charge < -0.3 is 14.4 Å². The maximum Gasteiger partial charge on any atom is 0.410 e. The third kappa shape index (κ3) is 6.69. The molecule has 0 aliphatic carbocycles. The predicted molar refractivity (Wildman–Crippen MR) is 112 cm³/mol. The molecule has 7 heteroatoms. The van der Waals surface area contributed by atoms with Crippen LogP contribution in [0.4, 0.5) is 9.18 Å². The van der Waals surface area contributed by atoms with Crippen molar-refractivity contribution in [3.05, 3.63) is 35.9 Å². The second-order valence-corrected chi connectivity index (χ2v) is 8.41. The predicted octanol–water partition coefficient (Wildman–Crippen LogP) is 3.79. The highest BCUT2D eigenvalue weighted by molar-refractivity contribution is 5.71. The van der Waals surface area contributed by atoms with Gasteiger partial charge in [0.25, 0.3) is 0 Å². The van der Waals surface area contributed by atoms with Crippen molar-refractivity contribution < 1.29 is 23.5 Å². The first-order valence-electron chi connectivity index (χ1n) is 11.0. The molecule has 2 aliphatic rings. The largest absolute Gasteiger partial charge is 0.465 e. The SMILES string of the molecule is CCOC(=O)CN1CCC(F)(CC2CCN(C(=O)OCc3ccccc3)CC2)CC1. The highest BCUT2D eigenvalue weighted by Crippen LogP contribution is 2.36. The van der Waals surface area contributed by atoms with Crippen molar-refractivity contribution in [1.29, 1.82) is 0 Å². The van der Waals surface area contributed by atoms with E-state index in [0.29, 0.717) is 52.0 Å². The molecule has 0 saturated carbocycles. The lowest BCUT2D eigenvalue weighted by Gasteiger charge is -2.39. The van der Waals surface area contributed by atoms with Crippen molar-refractivity contribution in [2.45, 2.75) is 51.3 Å². The van der Waals surface area contributed by atoms with Gasteiger partial charge in [0.1, 0.15) is 12.3 Å². The minimum atomic E-state index is -1.17. The monoisotopic (exact) mass is 420 g/mol. The van der Waals surface area contributed by atoms with Gasteiger partial charge in [-0.25, -0.2) is 9.18 Å².